The quantitative estimate of drug-likeness (QED) is 0.564. The van der Waals surface area contributed by atoms with Crippen molar-refractivity contribution in [2.45, 2.75) is 32.3 Å². The van der Waals surface area contributed by atoms with Crippen molar-refractivity contribution in [1.29, 1.82) is 0 Å². The van der Waals surface area contributed by atoms with Crippen molar-refractivity contribution in [3.63, 3.8) is 0 Å². The molecule has 0 radical (unpaired) electrons. The number of hydrogen-bond acceptors (Lipinski definition) is 1. The molecule has 1 atom stereocenters. The number of rotatable bonds is 4. The lowest BCUT2D eigenvalue weighted by Crippen LogP contribution is -1.95. The summed E-state index contributed by atoms with van der Waals surface area (Å²) < 4.78 is 7.52. The van der Waals surface area contributed by atoms with Gasteiger partial charge in [0.2, 0.25) is 0 Å². The second-order valence-electron chi connectivity index (χ2n) is 5.35. The van der Waals surface area contributed by atoms with Crippen molar-refractivity contribution in [2.75, 3.05) is 0 Å². The Morgan fingerprint density at radius 2 is 1.76 bits per heavy atom. The van der Waals surface area contributed by atoms with Crippen LogP contribution >= 0.6 is 22.6 Å². The van der Waals surface area contributed by atoms with Gasteiger partial charge >= 0.3 is 0 Å². The van der Waals surface area contributed by atoms with Gasteiger partial charge in [-0.25, -0.2) is 0 Å². The highest BCUT2D eigenvalue weighted by Crippen LogP contribution is 2.45. The maximum absolute atomic E-state index is 6.32. The van der Waals surface area contributed by atoms with Crippen LogP contribution < -0.4 is 0 Å². The zero-order chi connectivity index (χ0) is 14.7. The summed E-state index contributed by atoms with van der Waals surface area (Å²) in [5.41, 5.74) is 3.82. The molecular weight excluding hydrogens is 371 g/mol. The Labute approximate surface area is 140 Å². The van der Waals surface area contributed by atoms with Crippen LogP contribution in [0.3, 0.4) is 0 Å². The molecule has 0 saturated carbocycles. The van der Waals surface area contributed by atoms with Gasteiger partial charge < -0.3 is 4.74 Å². The van der Waals surface area contributed by atoms with Crippen molar-refractivity contribution in [3.05, 3.63) is 71.3 Å². The van der Waals surface area contributed by atoms with Crippen molar-refractivity contribution >= 4 is 31.9 Å². The third kappa shape index (κ3) is 3.00. The van der Waals surface area contributed by atoms with E-state index in [4.69, 9.17) is 4.74 Å². The average molecular weight is 390 g/mol. The van der Waals surface area contributed by atoms with E-state index in [1.807, 2.05) is 6.07 Å². The lowest BCUT2D eigenvalue weighted by atomic mass is 10.00. The molecule has 0 N–H and O–H groups in total. The van der Waals surface area contributed by atoms with E-state index in [2.05, 4.69) is 78.0 Å². The summed E-state index contributed by atoms with van der Waals surface area (Å²) in [6.07, 6.45) is 3.71. The normalized spacial score (nSPS) is 19.0. The predicted octanol–water partition coefficient (Wildman–Crippen LogP) is 6.21. The van der Waals surface area contributed by atoms with Gasteiger partial charge in [0.1, 0.15) is 11.9 Å². The van der Waals surface area contributed by atoms with Crippen LogP contribution in [-0.2, 0) is 4.74 Å². The lowest BCUT2D eigenvalue weighted by Gasteiger charge is -2.12. The van der Waals surface area contributed by atoms with Gasteiger partial charge in [-0.05, 0) is 41.0 Å². The average Bonchev–Trinajstić information content (AvgIpc) is 2.92. The van der Waals surface area contributed by atoms with Gasteiger partial charge in [0.15, 0.2) is 0 Å². The summed E-state index contributed by atoms with van der Waals surface area (Å²) in [6, 6.07) is 19.1. The van der Waals surface area contributed by atoms with E-state index in [-0.39, 0.29) is 6.10 Å². The Bertz CT molecular complexity index is 646. The summed E-state index contributed by atoms with van der Waals surface area (Å²) in [7, 11) is 0. The number of unbranched alkanes of at least 4 members (excludes halogenated alkanes) is 1. The molecule has 1 aliphatic rings. The molecule has 21 heavy (non-hydrogen) atoms. The van der Waals surface area contributed by atoms with Crippen molar-refractivity contribution in [3.8, 4) is 0 Å². The topological polar surface area (TPSA) is 9.23 Å². The molecule has 0 bridgehead atoms. The number of halogens is 1. The lowest BCUT2D eigenvalue weighted by molar-refractivity contribution is 0.176. The van der Waals surface area contributed by atoms with Gasteiger partial charge in [-0.15, -0.1) is 0 Å². The summed E-state index contributed by atoms with van der Waals surface area (Å²) >= 11 is 2.41. The third-order valence-electron chi connectivity index (χ3n) is 3.86. The fraction of sp³-hybridized carbons (Fsp3) is 0.263. The van der Waals surface area contributed by atoms with Crippen LogP contribution in [0.1, 0.15) is 49.0 Å². The van der Waals surface area contributed by atoms with E-state index in [9.17, 15) is 0 Å². The predicted molar refractivity (Wildman–Crippen MR) is 97.1 cm³/mol. The Kier molecular flexibility index (Phi) is 4.63. The van der Waals surface area contributed by atoms with Crippen molar-refractivity contribution in [2.24, 2.45) is 0 Å². The molecule has 1 unspecified atom stereocenters. The first-order valence-corrected chi connectivity index (χ1v) is 8.60. The highest BCUT2D eigenvalue weighted by Gasteiger charge is 2.29. The van der Waals surface area contributed by atoms with E-state index in [0.717, 1.165) is 12.2 Å². The van der Waals surface area contributed by atoms with Gasteiger partial charge in [-0.2, -0.15) is 0 Å². The van der Waals surface area contributed by atoms with Gasteiger partial charge in [0.05, 0.1) is 3.58 Å². The Balaban J connectivity index is 2.01. The summed E-state index contributed by atoms with van der Waals surface area (Å²) in [5, 5.41) is 0. The van der Waals surface area contributed by atoms with Crippen LogP contribution in [0.25, 0.3) is 9.34 Å². The minimum absolute atomic E-state index is 0.213. The second kappa shape index (κ2) is 6.65. The Morgan fingerprint density at radius 1 is 1.05 bits per heavy atom. The summed E-state index contributed by atoms with van der Waals surface area (Å²) in [5.74, 6) is 1.04. The number of fused-ring (bicyclic) bond motifs is 1. The minimum Gasteiger partial charge on any atom is -0.484 e. The molecule has 0 aromatic heterocycles. The first kappa shape index (κ1) is 14.6. The fourth-order valence-electron chi connectivity index (χ4n) is 2.74. The Hall–Kier alpha value is -1.29. The van der Waals surface area contributed by atoms with Crippen LogP contribution in [0.2, 0.25) is 0 Å². The van der Waals surface area contributed by atoms with Crippen molar-refractivity contribution < 1.29 is 4.74 Å². The Morgan fingerprint density at radius 3 is 2.52 bits per heavy atom. The largest absolute Gasteiger partial charge is 0.484 e. The molecule has 0 spiro atoms. The van der Waals surface area contributed by atoms with E-state index in [1.165, 1.54) is 33.1 Å². The third-order valence-corrected chi connectivity index (χ3v) is 4.97. The van der Waals surface area contributed by atoms with Gasteiger partial charge in [-0.3, -0.25) is 0 Å². The van der Waals surface area contributed by atoms with Crippen LogP contribution in [0.5, 0.6) is 0 Å². The molecule has 1 heterocycles. The maximum Gasteiger partial charge on any atom is 0.141 e. The molecule has 2 aromatic carbocycles. The van der Waals surface area contributed by atoms with Crippen molar-refractivity contribution in [1.82, 2.24) is 0 Å². The monoisotopic (exact) mass is 390 g/mol. The molecule has 0 amide bonds. The standard InChI is InChI=1S/C19H19IO/c1-2-3-13-17-15-11-7-8-12-16(15)19(21-17)18(20)14-9-5-4-6-10-14/h4-12,17H,2-3,13H2,1H3/b19-18-. The van der Waals surface area contributed by atoms with E-state index >= 15 is 0 Å². The minimum atomic E-state index is 0.213. The fourth-order valence-corrected chi connectivity index (χ4v) is 3.52. The molecule has 2 aromatic rings. The second-order valence-corrected chi connectivity index (χ2v) is 6.42. The van der Waals surface area contributed by atoms with Crippen LogP contribution in [0.15, 0.2) is 54.6 Å². The highest BCUT2D eigenvalue weighted by atomic mass is 127. The molecule has 2 heteroatoms. The van der Waals surface area contributed by atoms with Gasteiger partial charge in [-0.1, -0.05) is 67.9 Å². The number of hydrogen-bond donors (Lipinski definition) is 0. The smallest absolute Gasteiger partial charge is 0.141 e. The van der Waals surface area contributed by atoms with Crippen LogP contribution in [0.4, 0.5) is 0 Å². The summed E-state index contributed by atoms with van der Waals surface area (Å²) in [4.78, 5) is 0. The molecule has 0 fully saturated rings. The molecular formula is C19H19IO. The molecule has 3 rings (SSSR count). The maximum atomic E-state index is 6.32. The number of benzene rings is 2. The molecule has 108 valence electrons. The number of ether oxygens (including phenoxy) is 1. The van der Waals surface area contributed by atoms with Gasteiger partial charge in [0, 0.05) is 11.1 Å². The zero-order valence-corrected chi connectivity index (χ0v) is 14.3. The van der Waals surface area contributed by atoms with E-state index in [1.54, 1.807) is 0 Å². The summed E-state index contributed by atoms with van der Waals surface area (Å²) in [6.45, 7) is 2.23. The molecule has 1 nitrogen and oxygen atoms in total. The zero-order valence-electron chi connectivity index (χ0n) is 12.2. The van der Waals surface area contributed by atoms with E-state index in [0.29, 0.717) is 0 Å². The van der Waals surface area contributed by atoms with Crippen LogP contribution in [-0.4, -0.2) is 0 Å². The SMILES string of the molecule is CCCCC1O/C(=C(\I)c2ccccc2)c2ccccc21. The molecule has 0 aliphatic carbocycles. The molecule has 0 saturated heterocycles. The first-order chi connectivity index (χ1) is 10.3. The van der Waals surface area contributed by atoms with Gasteiger partial charge in [0.25, 0.3) is 0 Å². The first-order valence-electron chi connectivity index (χ1n) is 7.52. The highest BCUT2D eigenvalue weighted by molar-refractivity contribution is 14.1. The van der Waals surface area contributed by atoms with E-state index < -0.39 is 0 Å². The van der Waals surface area contributed by atoms with Crippen LogP contribution in [0, 0.1) is 0 Å². The molecule has 1 aliphatic heterocycles.